The van der Waals surface area contributed by atoms with E-state index in [1.165, 1.54) is 23.1 Å². The van der Waals surface area contributed by atoms with E-state index in [1.54, 1.807) is 55.5 Å². The lowest BCUT2D eigenvalue weighted by Crippen LogP contribution is -2.52. The van der Waals surface area contributed by atoms with Crippen molar-refractivity contribution in [3.05, 3.63) is 92.9 Å². The van der Waals surface area contributed by atoms with Crippen LogP contribution in [0.15, 0.2) is 71.6 Å². The number of sulfonamides is 1. The zero-order valence-corrected chi connectivity index (χ0v) is 26.3. The predicted octanol–water partition coefficient (Wildman–Crippen LogP) is 6.87. The first-order chi connectivity index (χ1) is 19.5. The Bertz CT molecular complexity index is 1450. The van der Waals surface area contributed by atoms with Gasteiger partial charge < -0.3 is 10.2 Å². The standard InChI is InChI=1S/C30H34Cl3N3O4S/c1-4-6-17-34-30(38)28(5-2)35(19-25-26(32)11-8-12-27(25)33)29(37)20-36(23-10-7-9-22(31)18-23)41(39,40)24-15-13-21(3)14-16-24/h7-16,18,28H,4-6,17,19-20H2,1-3H3,(H,34,38)/t28-/m1/s1. The largest absolute Gasteiger partial charge is 0.354 e. The number of rotatable bonds is 13. The van der Waals surface area contributed by atoms with E-state index in [-0.39, 0.29) is 29.5 Å². The average Bonchev–Trinajstić information content (AvgIpc) is 2.93. The molecule has 0 unspecified atom stereocenters. The van der Waals surface area contributed by atoms with Crippen molar-refractivity contribution in [3.8, 4) is 0 Å². The highest BCUT2D eigenvalue weighted by Crippen LogP contribution is 2.29. The molecule has 2 amide bonds. The normalized spacial score (nSPS) is 12.0. The third-order valence-corrected chi connectivity index (χ3v) is 9.32. The minimum atomic E-state index is -4.20. The predicted molar refractivity (Wildman–Crippen MR) is 166 cm³/mol. The van der Waals surface area contributed by atoms with E-state index in [2.05, 4.69) is 5.32 Å². The van der Waals surface area contributed by atoms with Crippen molar-refractivity contribution in [2.45, 2.75) is 57.5 Å². The van der Waals surface area contributed by atoms with Crippen molar-refractivity contribution in [2.75, 3.05) is 17.4 Å². The molecule has 0 bridgehead atoms. The fourth-order valence-electron chi connectivity index (χ4n) is 4.28. The van der Waals surface area contributed by atoms with Crippen molar-refractivity contribution < 1.29 is 18.0 Å². The van der Waals surface area contributed by atoms with Crippen molar-refractivity contribution >= 4 is 62.3 Å². The Morgan fingerprint density at radius 2 is 1.56 bits per heavy atom. The monoisotopic (exact) mass is 637 g/mol. The van der Waals surface area contributed by atoms with Gasteiger partial charge in [0.1, 0.15) is 12.6 Å². The molecule has 0 saturated carbocycles. The molecule has 11 heteroatoms. The molecule has 0 aliphatic heterocycles. The maximum Gasteiger partial charge on any atom is 0.264 e. The molecule has 1 atom stereocenters. The zero-order chi connectivity index (χ0) is 30.2. The Balaban J connectivity index is 2.08. The van der Waals surface area contributed by atoms with Crippen LogP contribution in [0.2, 0.25) is 15.1 Å². The van der Waals surface area contributed by atoms with Gasteiger partial charge in [-0.25, -0.2) is 8.42 Å². The second-order valence-corrected chi connectivity index (χ2v) is 12.7. The van der Waals surface area contributed by atoms with Crippen LogP contribution >= 0.6 is 34.8 Å². The Morgan fingerprint density at radius 3 is 2.15 bits per heavy atom. The molecule has 0 aliphatic carbocycles. The molecule has 1 N–H and O–H groups in total. The number of hydrogen-bond donors (Lipinski definition) is 1. The van der Waals surface area contributed by atoms with Gasteiger partial charge in [0.2, 0.25) is 11.8 Å². The van der Waals surface area contributed by atoms with Gasteiger partial charge in [-0.15, -0.1) is 0 Å². The summed E-state index contributed by atoms with van der Waals surface area (Å²) in [6.07, 6.45) is 1.96. The molecule has 0 spiro atoms. The molecule has 0 fully saturated rings. The molecule has 41 heavy (non-hydrogen) atoms. The number of carbonyl (C=O) groups excluding carboxylic acids is 2. The highest BCUT2D eigenvalue weighted by molar-refractivity contribution is 7.92. The zero-order valence-electron chi connectivity index (χ0n) is 23.2. The average molecular weight is 639 g/mol. The van der Waals surface area contributed by atoms with Crippen LogP contribution in [0.3, 0.4) is 0 Å². The van der Waals surface area contributed by atoms with E-state index in [9.17, 15) is 18.0 Å². The number of benzene rings is 3. The maximum atomic E-state index is 14.1. The molecule has 3 aromatic carbocycles. The Hall–Kier alpha value is -2.78. The van der Waals surface area contributed by atoms with Crippen molar-refractivity contribution in [2.24, 2.45) is 0 Å². The van der Waals surface area contributed by atoms with Gasteiger partial charge in [-0.05, 0) is 62.2 Å². The van der Waals surface area contributed by atoms with Gasteiger partial charge in [-0.1, -0.05) is 84.9 Å². The minimum absolute atomic E-state index is 0.0147. The molecule has 220 valence electrons. The lowest BCUT2D eigenvalue weighted by molar-refractivity contribution is -0.140. The lowest BCUT2D eigenvalue weighted by atomic mass is 10.1. The first kappa shape index (κ1) is 32.7. The molecule has 0 saturated heterocycles. The Kier molecular flexibility index (Phi) is 11.9. The topological polar surface area (TPSA) is 86.8 Å². The van der Waals surface area contributed by atoms with E-state index in [0.717, 1.165) is 22.7 Å². The molecule has 7 nitrogen and oxygen atoms in total. The summed E-state index contributed by atoms with van der Waals surface area (Å²) < 4.78 is 28.8. The van der Waals surface area contributed by atoms with E-state index in [4.69, 9.17) is 34.8 Å². The number of anilines is 1. The summed E-state index contributed by atoms with van der Waals surface area (Å²) in [4.78, 5) is 28.8. The van der Waals surface area contributed by atoms with Gasteiger partial charge in [0.25, 0.3) is 10.0 Å². The Morgan fingerprint density at radius 1 is 0.927 bits per heavy atom. The summed E-state index contributed by atoms with van der Waals surface area (Å²) in [5.74, 6) is -0.942. The quantitative estimate of drug-likeness (QED) is 0.207. The van der Waals surface area contributed by atoms with Gasteiger partial charge in [-0.2, -0.15) is 0 Å². The smallest absolute Gasteiger partial charge is 0.264 e. The van der Waals surface area contributed by atoms with Crippen molar-refractivity contribution in [3.63, 3.8) is 0 Å². The fourth-order valence-corrected chi connectivity index (χ4v) is 6.38. The number of aryl methyl sites for hydroxylation is 1. The van der Waals surface area contributed by atoms with E-state index in [1.807, 2.05) is 13.8 Å². The summed E-state index contributed by atoms with van der Waals surface area (Å²) in [5, 5.41) is 3.86. The molecule has 0 aromatic heterocycles. The van der Waals surface area contributed by atoms with Crippen LogP contribution in [0.1, 0.15) is 44.2 Å². The molecule has 0 heterocycles. The number of halogens is 3. The van der Waals surface area contributed by atoms with E-state index < -0.39 is 28.5 Å². The lowest BCUT2D eigenvalue weighted by Gasteiger charge is -2.33. The maximum absolute atomic E-state index is 14.1. The summed E-state index contributed by atoms with van der Waals surface area (Å²) in [7, 11) is -4.20. The molecular weight excluding hydrogens is 605 g/mol. The third-order valence-electron chi connectivity index (χ3n) is 6.59. The number of nitrogens with one attached hydrogen (secondary N) is 1. The minimum Gasteiger partial charge on any atom is -0.354 e. The number of amides is 2. The first-order valence-electron chi connectivity index (χ1n) is 13.3. The van der Waals surface area contributed by atoms with E-state index in [0.29, 0.717) is 27.2 Å². The second kappa shape index (κ2) is 14.9. The number of hydrogen-bond acceptors (Lipinski definition) is 4. The van der Waals surface area contributed by atoms with Crippen LogP contribution < -0.4 is 9.62 Å². The molecule has 3 rings (SSSR count). The van der Waals surface area contributed by atoms with Crippen LogP contribution in [-0.4, -0.2) is 44.3 Å². The Labute approximate surface area is 257 Å². The second-order valence-electron chi connectivity index (χ2n) is 9.60. The van der Waals surface area contributed by atoms with Gasteiger partial charge >= 0.3 is 0 Å². The van der Waals surface area contributed by atoms with Gasteiger partial charge in [0.15, 0.2) is 0 Å². The highest BCUT2D eigenvalue weighted by atomic mass is 35.5. The molecular formula is C30H34Cl3N3O4S. The first-order valence-corrected chi connectivity index (χ1v) is 15.9. The van der Waals surface area contributed by atoms with E-state index >= 15 is 0 Å². The summed E-state index contributed by atoms with van der Waals surface area (Å²) in [6.45, 7) is 5.43. The van der Waals surface area contributed by atoms with Crippen molar-refractivity contribution in [1.82, 2.24) is 10.2 Å². The summed E-state index contributed by atoms with van der Waals surface area (Å²) in [5.41, 5.74) is 1.55. The number of unbranched alkanes of at least 4 members (excludes halogenated alkanes) is 1. The van der Waals surface area contributed by atoms with Crippen LogP contribution in [0, 0.1) is 6.92 Å². The number of carbonyl (C=O) groups is 2. The van der Waals surface area contributed by atoms with Crippen LogP contribution in [-0.2, 0) is 26.2 Å². The molecule has 0 aliphatic rings. The van der Waals surface area contributed by atoms with Crippen molar-refractivity contribution in [1.29, 1.82) is 0 Å². The van der Waals surface area contributed by atoms with Gasteiger partial charge in [0, 0.05) is 33.7 Å². The number of nitrogens with zero attached hydrogens (tertiary/aromatic N) is 2. The third kappa shape index (κ3) is 8.38. The van der Waals surface area contributed by atoms with Gasteiger partial charge in [0.05, 0.1) is 10.6 Å². The highest BCUT2D eigenvalue weighted by Gasteiger charge is 2.34. The van der Waals surface area contributed by atoms with Gasteiger partial charge in [-0.3, -0.25) is 13.9 Å². The van der Waals surface area contributed by atoms with Crippen LogP contribution in [0.4, 0.5) is 5.69 Å². The molecule has 3 aromatic rings. The molecule has 0 radical (unpaired) electrons. The summed E-state index contributed by atoms with van der Waals surface area (Å²) in [6, 6.07) is 16.7. The fraction of sp³-hybridized carbons (Fsp3) is 0.333. The van der Waals surface area contributed by atoms with Crippen LogP contribution in [0.5, 0.6) is 0 Å². The van der Waals surface area contributed by atoms with Crippen LogP contribution in [0.25, 0.3) is 0 Å². The SMILES string of the molecule is CCCCNC(=O)[C@@H](CC)N(Cc1c(Cl)cccc1Cl)C(=O)CN(c1cccc(Cl)c1)S(=O)(=O)c1ccc(C)cc1. The summed E-state index contributed by atoms with van der Waals surface area (Å²) >= 11 is 19.1.